The van der Waals surface area contributed by atoms with Gasteiger partial charge in [-0.2, -0.15) is 0 Å². The normalized spacial score (nSPS) is 19.1. The van der Waals surface area contributed by atoms with Crippen molar-refractivity contribution in [1.29, 1.82) is 0 Å². The molecule has 0 aliphatic carbocycles. The van der Waals surface area contributed by atoms with E-state index in [1.165, 1.54) is 0 Å². The van der Waals surface area contributed by atoms with E-state index in [1.54, 1.807) is 4.90 Å². The monoisotopic (exact) mass is 328 g/mol. The molecule has 0 saturated carbocycles. The Bertz CT molecular complexity index is 918. The van der Waals surface area contributed by atoms with Crippen molar-refractivity contribution in [1.82, 2.24) is 0 Å². The van der Waals surface area contributed by atoms with Crippen LogP contribution in [0.3, 0.4) is 0 Å². The number of hydrogen-bond donors (Lipinski definition) is 1. The lowest BCUT2D eigenvalue weighted by atomic mass is 9.84. The molecule has 3 aromatic rings. The average Bonchev–Trinajstić information content (AvgIpc) is 2.86. The molecule has 3 heteroatoms. The molecule has 1 aliphatic heterocycles. The van der Waals surface area contributed by atoms with Crippen LogP contribution in [0, 0.1) is 6.92 Å². The van der Waals surface area contributed by atoms with E-state index >= 15 is 0 Å². The Kier molecular flexibility index (Phi) is 3.66. The number of anilines is 1. The van der Waals surface area contributed by atoms with Gasteiger partial charge in [-0.25, -0.2) is 0 Å². The second kappa shape index (κ2) is 5.87. The van der Waals surface area contributed by atoms with E-state index in [0.29, 0.717) is 6.54 Å². The molecule has 3 aromatic carbocycles. The lowest BCUT2D eigenvalue weighted by Gasteiger charge is -2.25. The number of amides is 1. The van der Waals surface area contributed by atoms with Crippen LogP contribution in [-0.4, -0.2) is 5.91 Å². The molecular weight excluding hydrogens is 308 g/mol. The third-order valence-electron chi connectivity index (χ3n) is 4.89. The summed E-state index contributed by atoms with van der Waals surface area (Å²) in [6, 6.07) is 25.7. The van der Waals surface area contributed by atoms with Crippen molar-refractivity contribution in [2.45, 2.75) is 19.0 Å². The van der Waals surface area contributed by atoms with Gasteiger partial charge in [-0.1, -0.05) is 78.4 Å². The van der Waals surface area contributed by atoms with Crippen LogP contribution in [-0.2, 0) is 16.9 Å². The zero-order valence-corrected chi connectivity index (χ0v) is 14.1. The quantitative estimate of drug-likeness (QED) is 0.796. The summed E-state index contributed by atoms with van der Waals surface area (Å²) in [4.78, 5) is 15.2. The Balaban J connectivity index is 1.82. The van der Waals surface area contributed by atoms with E-state index in [1.807, 2.05) is 85.8 Å². The van der Waals surface area contributed by atoms with Gasteiger partial charge < -0.3 is 10.6 Å². The molecule has 0 radical (unpaired) electrons. The maximum Gasteiger partial charge on any atom is 0.256 e. The van der Waals surface area contributed by atoms with E-state index in [2.05, 4.69) is 0 Å². The first-order valence-electron chi connectivity index (χ1n) is 8.42. The molecule has 124 valence electrons. The molecule has 1 aliphatic rings. The molecule has 0 saturated heterocycles. The maximum atomic E-state index is 13.4. The fraction of sp³-hybridized carbons (Fsp3) is 0.136. The number of benzene rings is 3. The molecule has 25 heavy (non-hydrogen) atoms. The molecular formula is C22H20N2O. The van der Waals surface area contributed by atoms with E-state index in [4.69, 9.17) is 5.73 Å². The largest absolute Gasteiger partial charge is 0.310 e. The van der Waals surface area contributed by atoms with E-state index < -0.39 is 5.54 Å². The first-order chi connectivity index (χ1) is 12.1. The Morgan fingerprint density at radius 2 is 1.52 bits per heavy atom. The van der Waals surface area contributed by atoms with Crippen LogP contribution in [0.2, 0.25) is 0 Å². The highest BCUT2D eigenvalue weighted by Gasteiger charge is 2.49. The van der Waals surface area contributed by atoms with Crippen LogP contribution in [0.1, 0.15) is 22.3 Å². The van der Waals surface area contributed by atoms with Crippen molar-refractivity contribution in [3.8, 4) is 0 Å². The zero-order chi connectivity index (χ0) is 17.4. The topological polar surface area (TPSA) is 46.3 Å². The van der Waals surface area contributed by atoms with Crippen LogP contribution >= 0.6 is 0 Å². The summed E-state index contributed by atoms with van der Waals surface area (Å²) >= 11 is 0. The van der Waals surface area contributed by atoms with Crippen molar-refractivity contribution in [2.75, 3.05) is 4.90 Å². The Labute approximate surface area is 147 Å². The summed E-state index contributed by atoms with van der Waals surface area (Å²) < 4.78 is 0. The van der Waals surface area contributed by atoms with Gasteiger partial charge >= 0.3 is 0 Å². The number of nitrogens with zero attached hydrogens (tertiary/aromatic N) is 1. The van der Waals surface area contributed by atoms with Gasteiger partial charge in [0.05, 0.1) is 12.2 Å². The molecule has 4 rings (SSSR count). The summed E-state index contributed by atoms with van der Waals surface area (Å²) in [7, 11) is 0. The number of fused-ring (bicyclic) bond motifs is 1. The lowest BCUT2D eigenvalue weighted by Crippen LogP contribution is -2.47. The summed E-state index contributed by atoms with van der Waals surface area (Å²) in [6.45, 7) is 2.54. The minimum atomic E-state index is -1.14. The van der Waals surface area contributed by atoms with Crippen LogP contribution in [0.25, 0.3) is 0 Å². The molecule has 0 aromatic heterocycles. The third-order valence-corrected chi connectivity index (χ3v) is 4.89. The van der Waals surface area contributed by atoms with Crippen molar-refractivity contribution in [3.05, 3.63) is 101 Å². The molecule has 1 atom stereocenters. The Morgan fingerprint density at radius 3 is 2.24 bits per heavy atom. The van der Waals surface area contributed by atoms with Gasteiger partial charge in [0.2, 0.25) is 0 Å². The van der Waals surface area contributed by atoms with Crippen molar-refractivity contribution >= 4 is 11.6 Å². The number of nitrogens with two attached hydrogens (primary N) is 1. The van der Waals surface area contributed by atoms with Crippen LogP contribution in [0.5, 0.6) is 0 Å². The molecule has 1 heterocycles. The fourth-order valence-electron chi connectivity index (χ4n) is 3.50. The van der Waals surface area contributed by atoms with Crippen molar-refractivity contribution < 1.29 is 4.79 Å². The molecule has 1 amide bonds. The number of carbonyl (C=O) groups is 1. The highest BCUT2D eigenvalue weighted by molar-refractivity contribution is 6.09. The van der Waals surface area contributed by atoms with Gasteiger partial charge in [-0.05, 0) is 24.1 Å². The first kappa shape index (κ1) is 15.6. The van der Waals surface area contributed by atoms with Crippen LogP contribution < -0.4 is 10.6 Å². The number of carbonyl (C=O) groups excluding carboxylic acids is 1. The first-order valence-corrected chi connectivity index (χ1v) is 8.42. The van der Waals surface area contributed by atoms with Gasteiger partial charge in [0.25, 0.3) is 5.91 Å². The van der Waals surface area contributed by atoms with E-state index in [-0.39, 0.29) is 5.91 Å². The highest BCUT2D eigenvalue weighted by atomic mass is 16.2. The van der Waals surface area contributed by atoms with Gasteiger partial charge in [0.1, 0.15) is 5.54 Å². The number of aryl methyl sites for hydroxylation is 1. The zero-order valence-electron chi connectivity index (χ0n) is 14.1. The van der Waals surface area contributed by atoms with Gasteiger partial charge in [0.15, 0.2) is 0 Å². The molecule has 0 bridgehead atoms. The summed E-state index contributed by atoms with van der Waals surface area (Å²) in [5, 5.41) is 0. The van der Waals surface area contributed by atoms with Gasteiger partial charge in [0, 0.05) is 5.56 Å². The number of hydrogen-bond acceptors (Lipinski definition) is 2. The van der Waals surface area contributed by atoms with Gasteiger partial charge in [-0.15, -0.1) is 0 Å². The van der Waals surface area contributed by atoms with E-state index in [0.717, 1.165) is 27.9 Å². The van der Waals surface area contributed by atoms with Crippen molar-refractivity contribution in [2.24, 2.45) is 5.73 Å². The molecule has 0 spiro atoms. The SMILES string of the molecule is Cc1ccc([C@@]2(N)C(=O)N(Cc3ccccc3)c3ccccc32)cc1. The standard InChI is InChI=1S/C22H20N2O/c1-16-11-13-18(14-12-16)22(23)19-9-5-6-10-20(19)24(21(22)25)15-17-7-3-2-4-8-17/h2-14H,15,23H2,1H3/t22-/m0/s1. The summed E-state index contributed by atoms with van der Waals surface area (Å²) in [5.41, 5.74) is 10.4. The number of rotatable bonds is 3. The van der Waals surface area contributed by atoms with Crippen LogP contribution in [0.4, 0.5) is 5.69 Å². The second-order valence-electron chi connectivity index (χ2n) is 6.57. The predicted molar refractivity (Wildman–Crippen MR) is 100 cm³/mol. The third kappa shape index (κ3) is 2.44. The average molecular weight is 328 g/mol. The molecule has 2 N–H and O–H groups in total. The second-order valence-corrected chi connectivity index (χ2v) is 6.57. The molecule has 0 fully saturated rings. The lowest BCUT2D eigenvalue weighted by molar-refractivity contribution is -0.121. The Morgan fingerprint density at radius 1 is 0.880 bits per heavy atom. The van der Waals surface area contributed by atoms with Crippen LogP contribution in [0.15, 0.2) is 78.9 Å². The Hall–Kier alpha value is -2.91. The maximum absolute atomic E-state index is 13.4. The molecule has 3 nitrogen and oxygen atoms in total. The minimum absolute atomic E-state index is 0.0820. The van der Waals surface area contributed by atoms with E-state index in [9.17, 15) is 4.79 Å². The summed E-state index contributed by atoms with van der Waals surface area (Å²) in [5.74, 6) is -0.0820. The fourth-order valence-corrected chi connectivity index (χ4v) is 3.50. The number of para-hydroxylation sites is 1. The highest BCUT2D eigenvalue weighted by Crippen LogP contribution is 2.43. The summed E-state index contributed by atoms with van der Waals surface area (Å²) in [6.07, 6.45) is 0. The minimum Gasteiger partial charge on any atom is -0.310 e. The molecule has 0 unspecified atom stereocenters. The van der Waals surface area contributed by atoms with Gasteiger partial charge in [-0.3, -0.25) is 4.79 Å². The van der Waals surface area contributed by atoms with Crippen molar-refractivity contribution in [3.63, 3.8) is 0 Å². The predicted octanol–water partition coefficient (Wildman–Crippen LogP) is 3.74. The smallest absolute Gasteiger partial charge is 0.256 e.